The van der Waals surface area contributed by atoms with Crippen molar-refractivity contribution in [3.63, 3.8) is 0 Å². The molecule has 176 valence electrons. The van der Waals surface area contributed by atoms with Crippen LogP contribution in [0, 0.1) is 0 Å². The minimum Gasteiger partial charge on any atom is -0.497 e. The van der Waals surface area contributed by atoms with Gasteiger partial charge in [0.05, 0.1) is 19.9 Å². The van der Waals surface area contributed by atoms with Crippen molar-refractivity contribution in [1.82, 2.24) is 19.1 Å². The first-order valence-corrected chi connectivity index (χ1v) is 10.4. The lowest BCUT2D eigenvalue weighted by Crippen LogP contribution is -2.30. The molecular formula is C23H24N6O5. The van der Waals surface area contributed by atoms with E-state index in [9.17, 15) is 14.7 Å². The fourth-order valence-corrected chi connectivity index (χ4v) is 3.32. The van der Waals surface area contributed by atoms with Gasteiger partial charge in [-0.2, -0.15) is 10.1 Å². The van der Waals surface area contributed by atoms with E-state index in [1.807, 2.05) is 30.3 Å². The first kappa shape index (κ1) is 22.8. The highest BCUT2D eigenvalue weighted by atomic mass is 16.5. The number of anilines is 1. The number of para-hydroxylation sites is 1. The molecule has 2 heterocycles. The number of aromatic nitrogens is 4. The quantitative estimate of drug-likeness (QED) is 0.251. The molecule has 3 N–H and O–H groups in total. The second-order valence-corrected chi connectivity index (χ2v) is 7.46. The Morgan fingerprint density at radius 2 is 1.88 bits per heavy atom. The highest BCUT2D eigenvalue weighted by molar-refractivity contribution is 5.80. The Balaban J connectivity index is 1.60. The van der Waals surface area contributed by atoms with Crippen molar-refractivity contribution in [2.75, 3.05) is 19.1 Å². The van der Waals surface area contributed by atoms with E-state index in [1.54, 1.807) is 37.6 Å². The maximum absolute atomic E-state index is 12.6. The summed E-state index contributed by atoms with van der Waals surface area (Å²) in [5.41, 5.74) is 2.68. The summed E-state index contributed by atoms with van der Waals surface area (Å²) in [6, 6.07) is 16.3. The summed E-state index contributed by atoms with van der Waals surface area (Å²) in [5.74, 6) is 1.52. The van der Waals surface area contributed by atoms with Crippen molar-refractivity contribution in [3.05, 3.63) is 81.0 Å². The van der Waals surface area contributed by atoms with Gasteiger partial charge >= 0.3 is 5.69 Å². The molecule has 1 unspecified atom stereocenters. The first-order chi connectivity index (χ1) is 16.5. The predicted octanol–water partition coefficient (Wildman–Crippen LogP) is 1.32. The number of aliphatic hydroxyl groups excluding tert-OH is 1. The first-order valence-electron chi connectivity index (χ1n) is 10.4. The molecular weight excluding hydrogens is 440 g/mol. The van der Waals surface area contributed by atoms with E-state index in [4.69, 9.17) is 9.47 Å². The number of ether oxygens (including phenoxy) is 2. The standard InChI is InChI=1S/C23H24N6O5/c1-28-20-19(21(31)26-23(28)32)29(13-16(30)14-34-18-6-4-3-5-7-18)22(25-20)27-24-12-15-8-10-17(33-2)11-9-15/h3-12,16,30H,13-14H2,1-2H3,(H,25,27)(H,26,31,32)/b24-12-. The van der Waals surface area contributed by atoms with Crippen LogP contribution in [0.15, 0.2) is 69.3 Å². The van der Waals surface area contributed by atoms with Crippen molar-refractivity contribution in [2.45, 2.75) is 12.6 Å². The molecule has 4 aromatic rings. The van der Waals surface area contributed by atoms with E-state index in [0.717, 1.165) is 11.3 Å². The highest BCUT2D eigenvalue weighted by Crippen LogP contribution is 2.17. The maximum Gasteiger partial charge on any atom is 0.329 e. The van der Waals surface area contributed by atoms with Crippen LogP contribution < -0.4 is 26.1 Å². The molecule has 0 saturated heterocycles. The van der Waals surface area contributed by atoms with E-state index in [-0.39, 0.29) is 30.3 Å². The van der Waals surface area contributed by atoms with Gasteiger partial charge in [0, 0.05) is 7.05 Å². The molecule has 0 aliphatic carbocycles. The fraction of sp³-hybridized carbons (Fsp3) is 0.217. The number of imidazole rings is 1. The Morgan fingerprint density at radius 1 is 1.15 bits per heavy atom. The molecule has 11 nitrogen and oxygen atoms in total. The van der Waals surface area contributed by atoms with Crippen LogP contribution in [0.4, 0.5) is 5.95 Å². The van der Waals surface area contributed by atoms with Gasteiger partial charge in [-0.05, 0) is 42.0 Å². The molecule has 0 aliphatic rings. The number of aliphatic hydroxyl groups is 1. The zero-order valence-electron chi connectivity index (χ0n) is 18.6. The van der Waals surface area contributed by atoms with E-state index in [2.05, 4.69) is 20.5 Å². The largest absolute Gasteiger partial charge is 0.497 e. The summed E-state index contributed by atoms with van der Waals surface area (Å²) in [6.45, 7) is -0.0348. The van der Waals surface area contributed by atoms with Crippen LogP contribution in [0.3, 0.4) is 0 Å². The van der Waals surface area contributed by atoms with Gasteiger partial charge in [0.15, 0.2) is 11.2 Å². The molecule has 0 spiro atoms. The van der Waals surface area contributed by atoms with Gasteiger partial charge in [-0.1, -0.05) is 18.2 Å². The van der Waals surface area contributed by atoms with E-state index < -0.39 is 17.4 Å². The summed E-state index contributed by atoms with van der Waals surface area (Å²) in [5, 5.41) is 14.8. The van der Waals surface area contributed by atoms with Gasteiger partial charge in [0.1, 0.15) is 24.2 Å². The van der Waals surface area contributed by atoms with Gasteiger partial charge in [-0.3, -0.25) is 14.3 Å². The van der Waals surface area contributed by atoms with Crippen LogP contribution in [0.5, 0.6) is 11.5 Å². The molecule has 4 rings (SSSR count). The number of nitrogens with one attached hydrogen (secondary N) is 2. The summed E-state index contributed by atoms with van der Waals surface area (Å²) < 4.78 is 13.4. The van der Waals surface area contributed by atoms with Gasteiger partial charge in [0.2, 0.25) is 5.95 Å². The SMILES string of the molecule is COc1ccc(/C=N\Nc2nc3c(c(=O)[nH]c(=O)n3C)n2CC(O)COc2ccccc2)cc1. The lowest BCUT2D eigenvalue weighted by molar-refractivity contribution is 0.0938. The van der Waals surface area contributed by atoms with Crippen LogP contribution >= 0.6 is 0 Å². The van der Waals surface area contributed by atoms with Crippen molar-refractivity contribution in [2.24, 2.45) is 12.1 Å². The van der Waals surface area contributed by atoms with E-state index in [0.29, 0.717) is 5.75 Å². The average molecular weight is 464 g/mol. The smallest absolute Gasteiger partial charge is 0.329 e. The van der Waals surface area contributed by atoms with Gasteiger partial charge in [-0.25, -0.2) is 10.2 Å². The van der Waals surface area contributed by atoms with Crippen LogP contribution in [0.1, 0.15) is 5.56 Å². The molecule has 0 amide bonds. The maximum atomic E-state index is 12.6. The summed E-state index contributed by atoms with van der Waals surface area (Å²) in [7, 11) is 3.08. The third kappa shape index (κ3) is 4.99. The van der Waals surface area contributed by atoms with E-state index >= 15 is 0 Å². The van der Waals surface area contributed by atoms with Crippen LogP contribution in [0.2, 0.25) is 0 Å². The van der Waals surface area contributed by atoms with Crippen LogP contribution in [-0.2, 0) is 13.6 Å². The third-order valence-electron chi connectivity index (χ3n) is 5.08. The third-order valence-corrected chi connectivity index (χ3v) is 5.08. The van der Waals surface area contributed by atoms with Crippen LogP contribution in [0.25, 0.3) is 11.2 Å². The number of nitrogens with zero attached hydrogens (tertiary/aromatic N) is 4. The Hall–Kier alpha value is -4.38. The number of aromatic amines is 1. The minimum atomic E-state index is -0.972. The number of hydrogen-bond acceptors (Lipinski definition) is 8. The fourth-order valence-electron chi connectivity index (χ4n) is 3.32. The predicted molar refractivity (Wildman–Crippen MR) is 128 cm³/mol. The molecule has 2 aromatic carbocycles. The van der Waals surface area contributed by atoms with Crippen molar-refractivity contribution in [1.29, 1.82) is 0 Å². The monoisotopic (exact) mass is 464 g/mol. The molecule has 34 heavy (non-hydrogen) atoms. The number of rotatable bonds is 9. The molecule has 2 aromatic heterocycles. The summed E-state index contributed by atoms with van der Waals surface area (Å²) in [6.07, 6.45) is 0.599. The highest BCUT2D eigenvalue weighted by Gasteiger charge is 2.20. The Morgan fingerprint density at radius 3 is 2.59 bits per heavy atom. The topological polar surface area (TPSA) is 136 Å². The Kier molecular flexibility index (Phi) is 6.74. The van der Waals surface area contributed by atoms with Gasteiger partial charge in [0.25, 0.3) is 5.56 Å². The normalized spacial score (nSPS) is 12.2. The average Bonchev–Trinajstić information content (AvgIpc) is 3.21. The number of hydrazone groups is 1. The van der Waals surface area contributed by atoms with Gasteiger partial charge in [-0.15, -0.1) is 0 Å². The number of hydrogen-bond donors (Lipinski definition) is 3. The zero-order valence-corrected chi connectivity index (χ0v) is 18.6. The number of benzene rings is 2. The lowest BCUT2D eigenvalue weighted by Gasteiger charge is -2.15. The number of fused-ring (bicyclic) bond motifs is 1. The summed E-state index contributed by atoms with van der Waals surface area (Å²) in [4.78, 5) is 31.2. The number of H-pyrrole nitrogens is 1. The van der Waals surface area contributed by atoms with Crippen LogP contribution in [-0.4, -0.2) is 50.2 Å². The zero-order chi connectivity index (χ0) is 24.1. The summed E-state index contributed by atoms with van der Waals surface area (Å²) >= 11 is 0. The minimum absolute atomic E-state index is 0.0120. The van der Waals surface area contributed by atoms with Crippen molar-refractivity contribution >= 4 is 23.3 Å². The Bertz CT molecular complexity index is 1410. The molecule has 0 radical (unpaired) electrons. The molecule has 0 bridgehead atoms. The molecule has 0 fully saturated rings. The van der Waals surface area contributed by atoms with Gasteiger partial charge < -0.3 is 19.1 Å². The van der Waals surface area contributed by atoms with Crippen molar-refractivity contribution < 1.29 is 14.6 Å². The second-order valence-electron chi connectivity index (χ2n) is 7.46. The molecule has 0 saturated carbocycles. The second kappa shape index (κ2) is 10.0. The number of methoxy groups -OCH3 is 1. The molecule has 11 heteroatoms. The lowest BCUT2D eigenvalue weighted by atomic mass is 10.2. The molecule has 0 aliphatic heterocycles. The van der Waals surface area contributed by atoms with E-state index in [1.165, 1.54) is 16.2 Å². The number of aryl methyl sites for hydroxylation is 1. The van der Waals surface area contributed by atoms with Crippen molar-refractivity contribution in [3.8, 4) is 11.5 Å². The Labute approximate surface area is 193 Å². The molecule has 1 atom stereocenters.